The third-order valence-electron chi connectivity index (χ3n) is 14.6. The van der Waals surface area contributed by atoms with Gasteiger partial charge in [-0.2, -0.15) is 0 Å². The lowest BCUT2D eigenvalue weighted by molar-refractivity contribution is -0.133. The van der Waals surface area contributed by atoms with E-state index in [1.54, 1.807) is 48.5 Å². The summed E-state index contributed by atoms with van der Waals surface area (Å²) < 4.78 is 69.6. The molecular formula is C58H62O16. The van der Waals surface area contributed by atoms with Gasteiger partial charge in [0.05, 0.1) is 123 Å². The molecule has 16 heteroatoms. The van der Waals surface area contributed by atoms with Gasteiger partial charge in [0.25, 0.3) is 0 Å². The van der Waals surface area contributed by atoms with Gasteiger partial charge in [-0.3, -0.25) is 0 Å². The number of esters is 4. The summed E-state index contributed by atoms with van der Waals surface area (Å²) in [4.78, 5) is 55.8. The molecule has 4 aliphatic heterocycles. The molecule has 9 rings (SSSR count). The Bertz CT molecular complexity index is 2350. The van der Waals surface area contributed by atoms with E-state index in [1.165, 1.54) is 48.5 Å². The van der Waals surface area contributed by atoms with E-state index in [9.17, 15) is 19.2 Å². The maximum atomic E-state index is 14.0. The van der Waals surface area contributed by atoms with Crippen LogP contribution in [0.1, 0.15) is 94.8 Å². The van der Waals surface area contributed by atoms with Crippen molar-refractivity contribution in [1.29, 1.82) is 0 Å². The summed E-state index contributed by atoms with van der Waals surface area (Å²) in [7, 11) is 0. The van der Waals surface area contributed by atoms with Crippen molar-refractivity contribution in [3.63, 3.8) is 0 Å². The van der Waals surface area contributed by atoms with E-state index in [2.05, 4.69) is 27.7 Å². The Hall–Kier alpha value is -6.98. The number of ether oxygens (including phenoxy) is 12. The van der Waals surface area contributed by atoms with Gasteiger partial charge in [0.2, 0.25) is 0 Å². The Labute approximate surface area is 430 Å². The van der Waals surface area contributed by atoms with Gasteiger partial charge < -0.3 is 56.8 Å². The largest absolute Gasteiger partial charge is 0.493 e. The van der Waals surface area contributed by atoms with Gasteiger partial charge >= 0.3 is 23.9 Å². The van der Waals surface area contributed by atoms with E-state index in [4.69, 9.17) is 56.8 Å². The average molecular weight is 1020 g/mol. The molecule has 4 heterocycles. The molecule has 0 unspecified atom stereocenters. The molecule has 4 fully saturated rings. The minimum Gasteiger partial charge on any atom is -0.493 e. The van der Waals surface area contributed by atoms with E-state index in [-0.39, 0.29) is 66.9 Å². The van der Waals surface area contributed by atoms with Crippen LogP contribution in [0, 0.1) is 21.7 Å². The standard InChI is InChI=1S/C58H62O16/c1-5-55(27-63-28-55)35-67-43-17-9-39(10-18-43)51(59)71-47-25-49(73-53(61)41-13-21-45(22-14-41)69-37-57(7-3)31-65-32-57)50(74-54(62)42-15-23-46(24-16-42)70-38-58(8-4)33-66-34-58)26-48(47)72-52(60)40-11-19-44(20-12-40)68-36-56(6-2)29-64-30-56/h9-26H,5-8,27-38H2,1-4H3. The Morgan fingerprint density at radius 2 is 0.527 bits per heavy atom. The molecule has 5 aromatic rings. The van der Waals surface area contributed by atoms with Crippen molar-refractivity contribution in [2.45, 2.75) is 53.4 Å². The minimum atomic E-state index is -0.845. The maximum absolute atomic E-state index is 14.0. The van der Waals surface area contributed by atoms with Crippen molar-refractivity contribution < 1.29 is 76.0 Å². The van der Waals surface area contributed by atoms with Gasteiger partial charge in [-0.05, 0) is 123 Å². The van der Waals surface area contributed by atoms with Crippen LogP contribution in [0.25, 0.3) is 0 Å². The van der Waals surface area contributed by atoms with Crippen molar-refractivity contribution in [3.05, 3.63) is 131 Å². The minimum absolute atomic E-state index is 0.0587. The molecule has 16 nitrogen and oxygen atoms in total. The van der Waals surface area contributed by atoms with Crippen molar-refractivity contribution in [1.82, 2.24) is 0 Å². The summed E-state index contributed by atoms with van der Waals surface area (Å²) in [6, 6.07) is 27.8. The highest BCUT2D eigenvalue weighted by molar-refractivity contribution is 5.96. The predicted molar refractivity (Wildman–Crippen MR) is 268 cm³/mol. The summed E-state index contributed by atoms with van der Waals surface area (Å²) in [5.41, 5.74) is 0.284. The van der Waals surface area contributed by atoms with Crippen LogP contribution in [0.2, 0.25) is 0 Å². The zero-order valence-corrected chi connectivity index (χ0v) is 42.2. The van der Waals surface area contributed by atoms with Gasteiger partial charge in [-0.15, -0.1) is 0 Å². The molecule has 0 aromatic heterocycles. The van der Waals surface area contributed by atoms with Gasteiger partial charge in [0.15, 0.2) is 23.0 Å². The number of rotatable bonds is 24. The fourth-order valence-corrected chi connectivity index (χ4v) is 8.29. The lowest BCUT2D eigenvalue weighted by atomic mass is 9.84. The van der Waals surface area contributed by atoms with E-state index < -0.39 is 23.9 Å². The lowest BCUT2D eigenvalue weighted by Gasteiger charge is -2.40. The lowest BCUT2D eigenvalue weighted by Crippen LogP contribution is -2.46. The first-order valence-corrected chi connectivity index (χ1v) is 25.2. The molecule has 0 atom stereocenters. The SMILES string of the molecule is CCC1(COc2ccc(C(=O)Oc3cc(OC(=O)c4ccc(OCC5(CC)COC5)cc4)c(OC(=O)c4ccc(OCC5(CC)COC5)cc4)cc3OC(=O)c3ccc(OCC4(CC)COC4)cc3)cc2)COC1. The Kier molecular flexibility index (Phi) is 15.9. The molecule has 0 N–H and O–H groups in total. The molecule has 390 valence electrons. The molecule has 5 aromatic carbocycles. The zero-order valence-electron chi connectivity index (χ0n) is 42.2. The number of carbonyl (C=O) groups excluding carboxylic acids is 4. The summed E-state index contributed by atoms with van der Waals surface area (Å²) in [5.74, 6) is -2.52. The highest BCUT2D eigenvalue weighted by Crippen LogP contribution is 2.42. The Balaban J connectivity index is 0.993. The van der Waals surface area contributed by atoms with Crippen LogP contribution in [0.3, 0.4) is 0 Å². The maximum Gasteiger partial charge on any atom is 0.343 e. The fraction of sp³-hybridized carbons (Fsp3) is 0.414. The topological polar surface area (TPSA) is 179 Å². The normalized spacial score (nSPS) is 17.4. The van der Waals surface area contributed by atoms with Gasteiger partial charge in [0.1, 0.15) is 23.0 Å². The van der Waals surface area contributed by atoms with Gasteiger partial charge in [-0.25, -0.2) is 19.2 Å². The molecule has 4 saturated heterocycles. The number of hydrogen-bond donors (Lipinski definition) is 0. The number of carbonyl (C=O) groups is 4. The Morgan fingerprint density at radius 3 is 0.676 bits per heavy atom. The van der Waals surface area contributed by atoms with Crippen molar-refractivity contribution in [3.8, 4) is 46.0 Å². The second-order valence-electron chi connectivity index (χ2n) is 19.9. The summed E-state index contributed by atoms with van der Waals surface area (Å²) in [6.45, 7) is 15.1. The van der Waals surface area contributed by atoms with Crippen LogP contribution in [0.15, 0.2) is 109 Å². The molecule has 0 aliphatic carbocycles. The number of benzene rings is 5. The quantitative estimate of drug-likeness (QED) is 0.0421. The first-order valence-electron chi connectivity index (χ1n) is 25.2. The molecule has 4 aliphatic rings. The van der Waals surface area contributed by atoms with Crippen LogP contribution in [-0.2, 0) is 18.9 Å². The van der Waals surface area contributed by atoms with Crippen molar-refractivity contribution >= 4 is 23.9 Å². The van der Waals surface area contributed by atoms with Crippen LogP contribution in [0.4, 0.5) is 0 Å². The van der Waals surface area contributed by atoms with E-state index in [1.807, 2.05) is 0 Å². The van der Waals surface area contributed by atoms with Gasteiger partial charge in [-0.1, -0.05) is 27.7 Å². The fourth-order valence-electron chi connectivity index (χ4n) is 8.29. The smallest absolute Gasteiger partial charge is 0.343 e. The molecule has 0 saturated carbocycles. The van der Waals surface area contributed by atoms with Crippen molar-refractivity contribution in [2.75, 3.05) is 79.3 Å². The molecular weight excluding hydrogens is 953 g/mol. The highest BCUT2D eigenvalue weighted by Gasteiger charge is 2.40. The van der Waals surface area contributed by atoms with E-state index in [0.29, 0.717) is 102 Å². The third-order valence-corrected chi connectivity index (χ3v) is 14.6. The monoisotopic (exact) mass is 1010 g/mol. The van der Waals surface area contributed by atoms with Crippen LogP contribution in [-0.4, -0.2) is 103 Å². The molecule has 0 bridgehead atoms. The van der Waals surface area contributed by atoms with Crippen LogP contribution in [0.5, 0.6) is 46.0 Å². The first-order chi connectivity index (χ1) is 35.9. The van der Waals surface area contributed by atoms with Crippen LogP contribution < -0.4 is 37.9 Å². The van der Waals surface area contributed by atoms with E-state index >= 15 is 0 Å². The van der Waals surface area contributed by atoms with E-state index in [0.717, 1.165) is 37.8 Å². The van der Waals surface area contributed by atoms with Crippen molar-refractivity contribution in [2.24, 2.45) is 21.7 Å². The summed E-state index contributed by atoms with van der Waals surface area (Å²) in [6.07, 6.45) is 3.58. The molecule has 0 amide bonds. The second-order valence-corrected chi connectivity index (χ2v) is 19.9. The third kappa shape index (κ3) is 12.0. The Morgan fingerprint density at radius 1 is 0.338 bits per heavy atom. The summed E-state index contributed by atoms with van der Waals surface area (Å²) in [5, 5.41) is 0. The predicted octanol–water partition coefficient (Wildman–Crippen LogP) is 9.79. The average Bonchev–Trinajstić information content (AvgIpc) is 3.37. The summed E-state index contributed by atoms with van der Waals surface area (Å²) >= 11 is 0. The highest BCUT2D eigenvalue weighted by atomic mass is 16.6. The zero-order chi connectivity index (χ0) is 51.8. The molecule has 0 radical (unpaired) electrons. The van der Waals surface area contributed by atoms with Gasteiger partial charge in [0, 0.05) is 12.1 Å². The first kappa shape index (κ1) is 51.9. The second kappa shape index (κ2) is 22.6. The molecule has 74 heavy (non-hydrogen) atoms. The van der Waals surface area contributed by atoms with Crippen LogP contribution >= 0.6 is 0 Å². The molecule has 0 spiro atoms. The number of hydrogen-bond acceptors (Lipinski definition) is 16.